The van der Waals surface area contributed by atoms with Gasteiger partial charge in [-0.3, -0.25) is 9.59 Å². The second-order valence-electron chi connectivity index (χ2n) is 8.29. The highest BCUT2D eigenvalue weighted by molar-refractivity contribution is 6.29. The van der Waals surface area contributed by atoms with E-state index in [-0.39, 0.29) is 42.5 Å². The van der Waals surface area contributed by atoms with Crippen molar-refractivity contribution in [2.24, 2.45) is 0 Å². The van der Waals surface area contributed by atoms with Gasteiger partial charge in [-0.2, -0.15) is 15.0 Å². The molecule has 1 aliphatic rings. The molecule has 2 amide bonds. The topological polar surface area (TPSA) is 102 Å². The predicted molar refractivity (Wildman–Crippen MR) is 123 cm³/mol. The van der Waals surface area contributed by atoms with E-state index in [1.807, 2.05) is 24.3 Å². The van der Waals surface area contributed by atoms with Crippen molar-refractivity contribution in [3.8, 4) is 5.75 Å². The summed E-state index contributed by atoms with van der Waals surface area (Å²) in [6.07, 6.45) is 4.51. The summed E-state index contributed by atoms with van der Waals surface area (Å²) in [4.78, 5) is 33.6. The number of methoxy groups -OCH3 is 1. The van der Waals surface area contributed by atoms with Gasteiger partial charge < -0.3 is 15.0 Å². The van der Waals surface area contributed by atoms with Gasteiger partial charge in [0.25, 0.3) is 0 Å². The van der Waals surface area contributed by atoms with E-state index >= 15 is 0 Å². The Morgan fingerprint density at radius 1 is 1.21 bits per heavy atom. The van der Waals surface area contributed by atoms with Gasteiger partial charge >= 0.3 is 0 Å². The van der Waals surface area contributed by atoms with Crippen LogP contribution in [0.4, 0.5) is 5.69 Å². The lowest BCUT2D eigenvalue weighted by molar-refractivity contribution is -0.144. The van der Waals surface area contributed by atoms with E-state index in [0.29, 0.717) is 11.4 Å². The summed E-state index contributed by atoms with van der Waals surface area (Å²) >= 11 is 5.96. The molecule has 1 aromatic carbocycles. The van der Waals surface area contributed by atoms with Gasteiger partial charge in [-0.1, -0.05) is 49.7 Å². The molecule has 0 aliphatic carbocycles. The molecule has 0 bridgehead atoms. The number of hydrogen-bond donors (Lipinski definition) is 1. The van der Waals surface area contributed by atoms with Crippen LogP contribution in [0, 0.1) is 0 Å². The Morgan fingerprint density at radius 2 is 1.91 bits per heavy atom. The SMILES string of the molecule is COc1cc(Cl)ncc1NC(=O)C1(c2ccccc2C(C)C)CN(C(=O)Cn2nccn2)C1. The van der Waals surface area contributed by atoms with E-state index in [1.165, 1.54) is 30.5 Å². The minimum absolute atomic E-state index is 0.0193. The van der Waals surface area contributed by atoms with Crippen LogP contribution in [0.15, 0.2) is 48.9 Å². The van der Waals surface area contributed by atoms with Crippen molar-refractivity contribution >= 4 is 29.1 Å². The number of nitrogens with one attached hydrogen (secondary N) is 1. The summed E-state index contributed by atoms with van der Waals surface area (Å²) in [5.41, 5.74) is 1.46. The van der Waals surface area contributed by atoms with Gasteiger partial charge in [0.15, 0.2) is 0 Å². The van der Waals surface area contributed by atoms with Crippen LogP contribution in [0.3, 0.4) is 0 Å². The van der Waals surface area contributed by atoms with Crippen LogP contribution in [0.5, 0.6) is 5.75 Å². The van der Waals surface area contributed by atoms with Crippen molar-refractivity contribution in [3.63, 3.8) is 0 Å². The van der Waals surface area contributed by atoms with Crippen LogP contribution in [0.1, 0.15) is 30.9 Å². The number of hydrogen-bond acceptors (Lipinski definition) is 6. The number of pyridine rings is 1. The molecule has 1 aliphatic heterocycles. The number of halogens is 1. The normalized spacial score (nSPS) is 14.6. The average molecular weight is 469 g/mol. The standard InChI is InChI=1S/C23H25ClN6O3/c1-15(2)16-6-4-5-7-17(16)23(13-29(14-23)21(31)12-30-26-8-9-27-30)22(32)28-18-11-25-20(24)10-19(18)33-3/h4-11,15H,12-14H2,1-3H3,(H,28,32). The van der Waals surface area contributed by atoms with Crippen LogP contribution in [0.25, 0.3) is 0 Å². The van der Waals surface area contributed by atoms with Crippen molar-refractivity contribution in [2.75, 3.05) is 25.5 Å². The lowest BCUT2D eigenvalue weighted by Gasteiger charge is -2.50. The fourth-order valence-corrected chi connectivity index (χ4v) is 4.27. The minimum Gasteiger partial charge on any atom is -0.494 e. The Hall–Kier alpha value is -3.46. The molecular formula is C23H25ClN6O3. The monoisotopic (exact) mass is 468 g/mol. The summed E-state index contributed by atoms with van der Waals surface area (Å²) in [5.74, 6) is 0.227. The number of anilines is 1. The van der Waals surface area contributed by atoms with Gasteiger partial charge in [0, 0.05) is 19.2 Å². The molecule has 0 radical (unpaired) electrons. The van der Waals surface area contributed by atoms with Gasteiger partial charge in [0.1, 0.15) is 28.5 Å². The molecule has 3 aromatic rings. The fourth-order valence-electron chi connectivity index (χ4n) is 4.12. The van der Waals surface area contributed by atoms with E-state index in [9.17, 15) is 9.59 Å². The molecule has 4 rings (SSSR count). The number of rotatable bonds is 7. The zero-order valence-corrected chi connectivity index (χ0v) is 19.4. The number of nitrogens with zero attached hydrogens (tertiary/aromatic N) is 5. The third-order valence-corrected chi connectivity index (χ3v) is 6.06. The van der Waals surface area contributed by atoms with Crippen molar-refractivity contribution in [3.05, 3.63) is 65.2 Å². The molecule has 33 heavy (non-hydrogen) atoms. The summed E-state index contributed by atoms with van der Waals surface area (Å²) in [5, 5.41) is 11.2. The first-order chi connectivity index (χ1) is 15.8. The van der Waals surface area contributed by atoms with Gasteiger partial charge in [-0.15, -0.1) is 0 Å². The molecule has 0 spiro atoms. The van der Waals surface area contributed by atoms with Crippen LogP contribution in [-0.4, -0.2) is 56.9 Å². The van der Waals surface area contributed by atoms with Crippen molar-refractivity contribution in [1.29, 1.82) is 0 Å². The number of amides is 2. The van der Waals surface area contributed by atoms with Crippen molar-refractivity contribution in [2.45, 2.75) is 31.7 Å². The van der Waals surface area contributed by atoms with Crippen molar-refractivity contribution in [1.82, 2.24) is 24.9 Å². The van der Waals surface area contributed by atoms with Crippen LogP contribution in [0.2, 0.25) is 5.15 Å². The Bertz CT molecular complexity index is 1160. The predicted octanol–water partition coefficient (Wildman–Crippen LogP) is 2.88. The second kappa shape index (κ2) is 9.19. The molecule has 10 heteroatoms. The van der Waals surface area contributed by atoms with E-state index < -0.39 is 5.41 Å². The Kier molecular flexibility index (Phi) is 6.33. The summed E-state index contributed by atoms with van der Waals surface area (Å²) < 4.78 is 5.36. The molecule has 1 N–H and O–H groups in total. The molecule has 3 heterocycles. The average Bonchev–Trinajstić information content (AvgIpc) is 3.27. The quantitative estimate of drug-likeness (QED) is 0.535. The Labute approximate surface area is 196 Å². The molecule has 2 aromatic heterocycles. The highest BCUT2D eigenvalue weighted by Crippen LogP contribution is 2.40. The molecule has 172 valence electrons. The molecule has 1 fully saturated rings. The number of carbonyl (C=O) groups excluding carboxylic acids is 2. The zero-order chi connectivity index (χ0) is 23.6. The molecule has 0 unspecified atom stereocenters. The molecule has 0 atom stereocenters. The van der Waals surface area contributed by atoms with E-state index in [0.717, 1.165) is 11.1 Å². The minimum atomic E-state index is -0.918. The third kappa shape index (κ3) is 4.41. The van der Waals surface area contributed by atoms with Gasteiger partial charge in [-0.25, -0.2) is 4.98 Å². The van der Waals surface area contributed by atoms with Crippen LogP contribution in [-0.2, 0) is 21.5 Å². The lowest BCUT2D eigenvalue weighted by atomic mass is 9.69. The highest BCUT2D eigenvalue weighted by atomic mass is 35.5. The molecular weight excluding hydrogens is 444 g/mol. The molecule has 9 nitrogen and oxygen atoms in total. The summed E-state index contributed by atoms with van der Waals surface area (Å²) in [6.45, 7) is 4.67. The first kappa shape index (κ1) is 22.7. The highest BCUT2D eigenvalue weighted by Gasteiger charge is 2.53. The maximum absolute atomic E-state index is 13.7. The van der Waals surface area contributed by atoms with E-state index in [1.54, 1.807) is 11.0 Å². The Balaban J connectivity index is 1.65. The first-order valence-electron chi connectivity index (χ1n) is 10.6. The zero-order valence-electron chi connectivity index (χ0n) is 18.7. The number of aromatic nitrogens is 4. The summed E-state index contributed by atoms with van der Waals surface area (Å²) in [7, 11) is 1.50. The summed E-state index contributed by atoms with van der Waals surface area (Å²) in [6, 6.07) is 9.40. The van der Waals surface area contributed by atoms with Gasteiger partial charge in [0.05, 0.1) is 25.7 Å². The van der Waals surface area contributed by atoms with Crippen LogP contribution < -0.4 is 10.1 Å². The van der Waals surface area contributed by atoms with E-state index in [2.05, 4.69) is 34.3 Å². The number of carbonyl (C=O) groups is 2. The number of likely N-dealkylation sites (tertiary alicyclic amines) is 1. The maximum Gasteiger partial charge on any atom is 0.246 e. The van der Waals surface area contributed by atoms with Gasteiger partial charge in [-0.05, 0) is 17.0 Å². The molecule has 0 saturated carbocycles. The third-order valence-electron chi connectivity index (χ3n) is 5.85. The number of ether oxygens (including phenoxy) is 1. The lowest BCUT2D eigenvalue weighted by Crippen LogP contribution is -2.67. The molecule has 1 saturated heterocycles. The maximum atomic E-state index is 13.7. The largest absolute Gasteiger partial charge is 0.494 e. The smallest absolute Gasteiger partial charge is 0.246 e. The van der Waals surface area contributed by atoms with Crippen molar-refractivity contribution < 1.29 is 14.3 Å². The first-order valence-corrected chi connectivity index (χ1v) is 10.9. The Morgan fingerprint density at radius 3 is 2.58 bits per heavy atom. The fraction of sp³-hybridized carbons (Fsp3) is 0.348. The number of benzene rings is 1. The van der Waals surface area contributed by atoms with Crippen LogP contribution >= 0.6 is 11.6 Å². The second-order valence-corrected chi connectivity index (χ2v) is 8.68. The van der Waals surface area contributed by atoms with E-state index in [4.69, 9.17) is 16.3 Å². The van der Waals surface area contributed by atoms with Gasteiger partial charge in [0.2, 0.25) is 11.8 Å².